The van der Waals surface area contributed by atoms with Gasteiger partial charge in [0.05, 0.1) is 5.25 Å². The van der Waals surface area contributed by atoms with E-state index in [1.54, 1.807) is 6.08 Å². The number of aromatic nitrogens is 2. The predicted octanol–water partition coefficient (Wildman–Crippen LogP) is 2.28. The fourth-order valence-corrected chi connectivity index (χ4v) is 2.44. The summed E-state index contributed by atoms with van der Waals surface area (Å²) in [7, 11) is 0. The highest BCUT2D eigenvalue weighted by Crippen LogP contribution is 2.38. The second kappa shape index (κ2) is 3.31. The molecule has 1 aliphatic rings. The fraction of sp³-hybridized carbons (Fsp3) is 0.500. The van der Waals surface area contributed by atoms with Gasteiger partial charge in [-0.15, -0.1) is 0 Å². The normalized spacial score (nSPS) is 22.8. The van der Waals surface area contributed by atoms with Gasteiger partial charge in [0.25, 0.3) is 0 Å². The first kappa shape index (κ1) is 7.86. The van der Waals surface area contributed by atoms with Gasteiger partial charge in [-0.25, -0.2) is 0 Å². The molecule has 0 spiro atoms. The smallest absolute Gasteiger partial charge is 0.250 e. The summed E-state index contributed by atoms with van der Waals surface area (Å²) in [4.78, 5) is 4.19. The SMILES string of the molecule is C=Cc1nc(C2CCCS2)no1. The van der Waals surface area contributed by atoms with Gasteiger partial charge in [-0.05, 0) is 24.7 Å². The summed E-state index contributed by atoms with van der Waals surface area (Å²) in [6, 6.07) is 0. The molecular formula is C8H10N2OS. The van der Waals surface area contributed by atoms with Gasteiger partial charge in [0.15, 0.2) is 5.82 Å². The van der Waals surface area contributed by atoms with Crippen LogP contribution in [-0.2, 0) is 0 Å². The van der Waals surface area contributed by atoms with E-state index in [1.807, 2.05) is 11.8 Å². The lowest BCUT2D eigenvalue weighted by Crippen LogP contribution is -1.90. The minimum absolute atomic E-state index is 0.447. The van der Waals surface area contributed by atoms with Gasteiger partial charge in [0.1, 0.15) is 0 Å². The molecule has 0 radical (unpaired) electrons. The average molecular weight is 182 g/mol. The Morgan fingerprint density at radius 3 is 3.17 bits per heavy atom. The van der Waals surface area contributed by atoms with Gasteiger partial charge in [0, 0.05) is 0 Å². The molecule has 0 saturated carbocycles. The Hall–Kier alpha value is -0.770. The molecule has 0 aliphatic carbocycles. The molecule has 1 aromatic rings. The van der Waals surface area contributed by atoms with E-state index in [9.17, 15) is 0 Å². The minimum Gasteiger partial charge on any atom is -0.335 e. The summed E-state index contributed by atoms with van der Waals surface area (Å²) in [6.07, 6.45) is 4.00. The molecule has 0 bridgehead atoms. The molecule has 1 aliphatic heterocycles. The number of hydrogen-bond donors (Lipinski definition) is 0. The second-order valence-corrected chi connectivity index (χ2v) is 4.01. The van der Waals surface area contributed by atoms with Crippen molar-refractivity contribution in [3.05, 3.63) is 18.3 Å². The first-order chi connectivity index (χ1) is 5.90. The van der Waals surface area contributed by atoms with E-state index < -0.39 is 0 Å². The summed E-state index contributed by atoms with van der Waals surface area (Å²) in [6.45, 7) is 3.57. The lowest BCUT2D eigenvalue weighted by atomic mass is 10.2. The Bertz CT molecular complexity index is 278. The molecule has 0 aromatic carbocycles. The van der Waals surface area contributed by atoms with E-state index in [4.69, 9.17) is 4.52 Å². The van der Waals surface area contributed by atoms with E-state index in [0.29, 0.717) is 11.1 Å². The van der Waals surface area contributed by atoms with E-state index >= 15 is 0 Å². The Balaban J connectivity index is 2.16. The third kappa shape index (κ3) is 1.39. The Kier molecular flexibility index (Phi) is 2.17. The molecule has 1 atom stereocenters. The Labute approximate surface area is 75.2 Å². The monoisotopic (exact) mass is 182 g/mol. The van der Waals surface area contributed by atoms with Crippen molar-refractivity contribution in [3.63, 3.8) is 0 Å². The van der Waals surface area contributed by atoms with Crippen LogP contribution in [-0.4, -0.2) is 15.9 Å². The highest BCUT2D eigenvalue weighted by molar-refractivity contribution is 7.99. The molecule has 0 amide bonds. The van der Waals surface area contributed by atoms with Crippen molar-refractivity contribution < 1.29 is 4.52 Å². The molecular weight excluding hydrogens is 172 g/mol. The quantitative estimate of drug-likeness (QED) is 0.703. The second-order valence-electron chi connectivity index (χ2n) is 2.70. The molecule has 0 N–H and O–H groups in total. The van der Waals surface area contributed by atoms with Crippen LogP contribution in [0, 0.1) is 0 Å². The first-order valence-electron chi connectivity index (χ1n) is 3.98. The average Bonchev–Trinajstić information content (AvgIpc) is 2.75. The van der Waals surface area contributed by atoms with E-state index in [2.05, 4.69) is 16.7 Å². The van der Waals surface area contributed by atoms with Crippen LogP contribution >= 0.6 is 11.8 Å². The minimum atomic E-state index is 0.447. The van der Waals surface area contributed by atoms with E-state index in [1.165, 1.54) is 18.6 Å². The van der Waals surface area contributed by atoms with Gasteiger partial charge in [-0.1, -0.05) is 11.7 Å². The van der Waals surface area contributed by atoms with E-state index in [-0.39, 0.29) is 0 Å². The van der Waals surface area contributed by atoms with Crippen molar-refractivity contribution in [2.75, 3.05) is 5.75 Å². The van der Waals surface area contributed by atoms with Gasteiger partial charge in [-0.3, -0.25) is 0 Å². The van der Waals surface area contributed by atoms with Gasteiger partial charge >= 0.3 is 0 Å². The van der Waals surface area contributed by atoms with Gasteiger partial charge < -0.3 is 4.52 Å². The van der Waals surface area contributed by atoms with Crippen molar-refractivity contribution >= 4 is 17.8 Å². The predicted molar refractivity (Wildman–Crippen MR) is 48.8 cm³/mol. The maximum absolute atomic E-state index is 4.93. The number of rotatable bonds is 2. The zero-order valence-electron chi connectivity index (χ0n) is 6.69. The zero-order valence-corrected chi connectivity index (χ0v) is 7.51. The molecule has 1 unspecified atom stereocenters. The van der Waals surface area contributed by atoms with Crippen LogP contribution in [0.1, 0.15) is 29.8 Å². The van der Waals surface area contributed by atoms with Gasteiger partial charge in [-0.2, -0.15) is 16.7 Å². The van der Waals surface area contributed by atoms with Crippen LogP contribution in [0.5, 0.6) is 0 Å². The number of hydrogen-bond acceptors (Lipinski definition) is 4. The summed E-state index contributed by atoms with van der Waals surface area (Å²) in [5, 5.41) is 4.34. The van der Waals surface area contributed by atoms with Crippen molar-refractivity contribution in [2.45, 2.75) is 18.1 Å². The van der Waals surface area contributed by atoms with Crippen molar-refractivity contribution in [3.8, 4) is 0 Å². The molecule has 3 nitrogen and oxygen atoms in total. The van der Waals surface area contributed by atoms with Crippen molar-refractivity contribution in [1.29, 1.82) is 0 Å². The topological polar surface area (TPSA) is 38.9 Å². The summed E-state index contributed by atoms with van der Waals surface area (Å²) < 4.78 is 4.93. The van der Waals surface area contributed by atoms with Crippen LogP contribution in [0.2, 0.25) is 0 Å². The summed E-state index contributed by atoms with van der Waals surface area (Å²) in [5.41, 5.74) is 0. The highest BCUT2D eigenvalue weighted by Gasteiger charge is 2.22. The van der Waals surface area contributed by atoms with Gasteiger partial charge in [0.2, 0.25) is 5.89 Å². The van der Waals surface area contributed by atoms with Crippen LogP contribution in [0.15, 0.2) is 11.1 Å². The van der Waals surface area contributed by atoms with E-state index in [0.717, 1.165) is 5.82 Å². The Morgan fingerprint density at radius 1 is 1.67 bits per heavy atom. The highest BCUT2D eigenvalue weighted by atomic mass is 32.2. The van der Waals surface area contributed by atoms with Crippen LogP contribution in [0.3, 0.4) is 0 Å². The lowest BCUT2D eigenvalue weighted by molar-refractivity contribution is 0.402. The molecule has 2 heterocycles. The van der Waals surface area contributed by atoms with Crippen LogP contribution < -0.4 is 0 Å². The third-order valence-electron chi connectivity index (χ3n) is 1.85. The molecule has 1 fully saturated rings. The third-order valence-corrected chi connectivity index (χ3v) is 3.22. The first-order valence-corrected chi connectivity index (χ1v) is 5.02. The maximum atomic E-state index is 4.93. The Morgan fingerprint density at radius 2 is 2.58 bits per heavy atom. The largest absolute Gasteiger partial charge is 0.335 e. The summed E-state index contributed by atoms with van der Waals surface area (Å²) in [5.74, 6) is 2.56. The summed E-state index contributed by atoms with van der Waals surface area (Å²) >= 11 is 1.90. The van der Waals surface area contributed by atoms with Crippen molar-refractivity contribution in [2.24, 2.45) is 0 Å². The molecule has 12 heavy (non-hydrogen) atoms. The number of thioether (sulfide) groups is 1. The standard InChI is InChI=1S/C8H10N2OS/c1-2-7-9-8(10-11-7)6-4-3-5-12-6/h2,6H,1,3-5H2. The fourth-order valence-electron chi connectivity index (χ4n) is 1.24. The molecule has 2 rings (SSSR count). The maximum Gasteiger partial charge on any atom is 0.250 e. The molecule has 4 heteroatoms. The lowest BCUT2D eigenvalue weighted by Gasteiger charge is -1.98. The molecule has 1 saturated heterocycles. The molecule has 1 aromatic heterocycles. The van der Waals surface area contributed by atoms with Crippen molar-refractivity contribution in [1.82, 2.24) is 10.1 Å². The number of nitrogens with zero attached hydrogens (tertiary/aromatic N) is 2. The van der Waals surface area contributed by atoms with Crippen LogP contribution in [0.4, 0.5) is 0 Å². The van der Waals surface area contributed by atoms with Crippen LogP contribution in [0.25, 0.3) is 6.08 Å². The molecule has 64 valence electrons. The zero-order chi connectivity index (χ0) is 8.39.